The third-order valence-electron chi connectivity index (χ3n) is 6.09. The number of likely N-dealkylation sites (tertiary alicyclic amines) is 1. The maximum absolute atomic E-state index is 12.6. The van der Waals surface area contributed by atoms with E-state index in [9.17, 15) is 9.59 Å². The lowest BCUT2D eigenvalue weighted by Gasteiger charge is -2.33. The van der Waals surface area contributed by atoms with Crippen molar-refractivity contribution in [3.8, 4) is 0 Å². The van der Waals surface area contributed by atoms with Crippen molar-refractivity contribution >= 4 is 24.2 Å². The van der Waals surface area contributed by atoms with Crippen molar-refractivity contribution in [2.24, 2.45) is 11.8 Å². The van der Waals surface area contributed by atoms with Crippen LogP contribution in [0.15, 0.2) is 24.3 Å². The summed E-state index contributed by atoms with van der Waals surface area (Å²) in [6.07, 6.45) is 4.71. The second kappa shape index (κ2) is 10.8. The highest BCUT2D eigenvalue weighted by molar-refractivity contribution is 5.94. The lowest BCUT2D eigenvalue weighted by Crippen LogP contribution is -2.47. The first-order chi connectivity index (χ1) is 13.0. The second-order valence-corrected chi connectivity index (χ2v) is 8.29. The number of piperidine rings is 2. The van der Waals surface area contributed by atoms with Crippen molar-refractivity contribution in [2.75, 3.05) is 26.2 Å². The third-order valence-corrected chi connectivity index (χ3v) is 6.09. The highest BCUT2D eigenvalue weighted by Crippen LogP contribution is 2.23. The molecule has 0 aromatic heterocycles. The molecular formula is C22H34ClN3O2. The number of hydrogen-bond donors (Lipinski definition) is 2. The Morgan fingerprint density at radius 3 is 2.46 bits per heavy atom. The molecule has 2 aliphatic heterocycles. The van der Waals surface area contributed by atoms with Gasteiger partial charge in [0.2, 0.25) is 5.91 Å². The summed E-state index contributed by atoms with van der Waals surface area (Å²) < 4.78 is 0. The lowest BCUT2D eigenvalue weighted by atomic mass is 9.85. The largest absolute Gasteiger partial charge is 0.353 e. The molecule has 2 unspecified atom stereocenters. The fraction of sp³-hybridized carbons (Fsp3) is 0.636. The van der Waals surface area contributed by atoms with Crippen molar-refractivity contribution in [3.05, 3.63) is 35.4 Å². The molecule has 2 heterocycles. The molecule has 0 radical (unpaired) electrons. The zero-order chi connectivity index (χ0) is 19.2. The Morgan fingerprint density at radius 2 is 1.86 bits per heavy atom. The molecule has 5 nitrogen and oxygen atoms in total. The van der Waals surface area contributed by atoms with E-state index < -0.39 is 0 Å². The maximum Gasteiger partial charge on any atom is 0.253 e. The third kappa shape index (κ3) is 6.21. The molecule has 0 aliphatic carbocycles. The molecular weight excluding hydrogens is 374 g/mol. The standard InChI is InChI=1S/C22H33N3O2.ClH/c1-16-5-7-18(8-6-16)22(27)25-12-9-20(10-13-25)24-21(26)14-17(2)19-4-3-11-23-15-19;/h5-8,17,19-20,23H,3-4,9-15H2,1-2H3,(H,24,26);1H. The summed E-state index contributed by atoms with van der Waals surface area (Å²) in [6.45, 7) is 7.77. The van der Waals surface area contributed by atoms with E-state index in [0.29, 0.717) is 31.3 Å². The Morgan fingerprint density at radius 1 is 1.18 bits per heavy atom. The van der Waals surface area contributed by atoms with Crippen LogP contribution in [0.3, 0.4) is 0 Å². The average molecular weight is 408 g/mol. The first-order valence-corrected chi connectivity index (χ1v) is 10.4. The van der Waals surface area contributed by atoms with Gasteiger partial charge in [0.25, 0.3) is 5.91 Å². The van der Waals surface area contributed by atoms with Gasteiger partial charge >= 0.3 is 0 Å². The van der Waals surface area contributed by atoms with Crippen LogP contribution in [0.5, 0.6) is 0 Å². The predicted molar refractivity (Wildman–Crippen MR) is 115 cm³/mol. The van der Waals surface area contributed by atoms with Crippen LogP contribution in [0.2, 0.25) is 0 Å². The van der Waals surface area contributed by atoms with Crippen LogP contribution in [-0.2, 0) is 4.79 Å². The van der Waals surface area contributed by atoms with E-state index in [-0.39, 0.29) is 30.3 Å². The summed E-state index contributed by atoms with van der Waals surface area (Å²) in [5.74, 6) is 1.29. The van der Waals surface area contributed by atoms with Crippen molar-refractivity contribution in [1.82, 2.24) is 15.5 Å². The van der Waals surface area contributed by atoms with E-state index in [1.54, 1.807) is 0 Å². The van der Waals surface area contributed by atoms with Crippen LogP contribution in [0.4, 0.5) is 0 Å². The molecule has 0 bridgehead atoms. The van der Waals surface area contributed by atoms with Gasteiger partial charge in [0.1, 0.15) is 0 Å². The Balaban J connectivity index is 0.00000280. The summed E-state index contributed by atoms with van der Waals surface area (Å²) in [4.78, 5) is 26.9. The van der Waals surface area contributed by atoms with E-state index in [1.165, 1.54) is 12.8 Å². The van der Waals surface area contributed by atoms with Gasteiger partial charge in [-0.2, -0.15) is 0 Å². The molecule has 2 atom stereocenters. The number of aryl methyl sites for hydroxylation is 1. The fourth-order valence-electron chi connectivity index (χ4n) is 4.22. The number of amides is 2. The second-order valence-electron chi connectivity index (χ2n) is 8.29. The van der Waals surface area contributed by atoms with Crippen LogP contribution in [-0.4, -0.2) is 48.9 Å². The number of nitrogens with one attached hydrogen (secondary N) is 2. The van der Waals surface area contributed by atoms with Gasteiger partial charge in [-0.25, -0.2) is 0 Å². The van der Waals surface area contributed by atoms with Crippen molar-refractivity contribution < 1.29 is 9.59 Å². The monoisotopic (exact) mass is 407 g/mol. The normalized spacial score (nSPS) is 21.5. The quantitative estimate of drug-likeness (QED) is 0.788. The highest BCUT2D eigenvalue weighted by Gasteiger charge is 2.26. The molecule has 2 fully saturated rings. The molecule has 1 aromatic carbocycles. The summed E-state index contributed by atoms with van der Waals surface area (Å²) in [6, 6.07) is 7.93. The number of hydrogen-bond acceptors (Lipinski definition) is 3. The Kier molecular flexibility index (Phi) is 8.77. The van der Waals surface area contributed by atoms with Gasteiger partial charge in [-0.1, -0.05) is 24.6 Å². The SMILES string of the molecule is Cc1ccc(C(=O)N2CCC(NC(=O)CC(C)C3CCCNC3)CC2)cc1.Cl. The van der Waals surface area contributed by atoms with Crippen LogP contribution in [0.25, 0.3) is 0 Å². The zero-order valence-corrected chi connectivity index (χ0v) is 17.9. The molecule has 6 heteroatoms. The molecule has 0 spiro atoms. The van der Waals surface area contributed by atoms with Gasteiger partial charge in [0, 0.05) is 31.1 Å². The number of rotatable bonds is 5. The summed E-state index contributed by atoms with van der Waals surface area (Å²) in [5.41, 5.74) is 1.91. The van der Waals surface area contributed by atoms with Crippen LogP contribution in [0, 0.1) is 18.8 Å². The highest BCUT2D eigenvalue weighted by atomic mass is 35.5. The zero-order valence-electron chi connectivity index (χ0n) is 17.1. The van der Waals surface area contributed by atoms with Gasteiger partial charge in [0.05, 0.1) is 0 Å². The number of nitrogens with zero attached hydrogens (tertiary/aromatic N) is 1. The molecule has 2 aliphatic rings. The van der Waals surface area contributed by atoms with Gasteiger partial charge in [-0.05, 0) is 69.7 Å². The maximum atomic E-state index is 12.6. The van der Waals surface area contributed by atoms with Crippen LogP contribution >= 0.6 is 12.4 Å². The van der Waals surface area contributed by atoms with Crippen LogP contribution < -0.4 is 10.6 Å². The minimum Gasteiger partial charge on any atom is -0.353 e. The van der Waals surface area contributed by atoms with Crippen molar-refractivity contribution in [1.29, 1.82) is 0 Å². The number of benzene rings is 1. The number of halogens is 1. The van der Waals surface area contributed by atoms with E-state index in [4.69, 9.17) is 0 Å². The van der Waals surface area contributed by atoms with Gasteiger partial charge in [0.15, 0.2) is 0 Å². The lowest BCUT2D eigenvalue weighted by molar-refractivity contribution is -0.123. The Hall–Kier alpha value is -1.59. The van der Waals surface area contributed by atoms with Crippen LogP contribution in [0.1, 0.15) is 54.9 Å². The smallest absolute Gasteiger partial charge is 0.253 e. The summed E-state index contributed by atoms with van der Waals surface area (Å²) in [5, 5.41) is 6.63. The first-order valence-electron chi connectivity index (χ1n) is 10.4. The average Bonchev–Trinajstić information content (AvgIpc) is 2.69. The van der Waals surface area contributed by atoms with Gasteiger partial charge < -0.3 is 15.5 Å². The van der Waals surface area contributed by atoms with Crippen molar-refractivity contribution in [3.63, 3.8) is 0 Å². The predicted octanol–water partition coefficient (Wildman–Crippen LogP) is 3.16. The first kappa shape index (κ1) is 22.7. The van der Waals surface area contributed by atoms with Gasteiger partial charge in [-0.15, -0.1) is 12.4 Å². The molecule has 2 amide bonds. The molecule has 2 N–H and O–H groups in total. The number of carbonyl (C=O) groups is 2. The topological polar surface area (TPSA) is 61.4 Å². The van der Waals surface area contributed by atoms with E-state index in [0.717, 1.165) is 37.1 Å². The fourth-order valence-corrected chi connectivity index (χ4v) is 4.22. The molecule has 0 saturated carbocycles. The Bertz CT molecular complexity index is 636. The summed E-state index contributed by atoms with van der Waals surface area (Å²) in [7, 11) is 0. The molecule has 3 rings (SSSR count). The minimum atomic E-state index is 0. The van der Waals surface area contributed by atoms with Gasteiger partial charge in [-0.3, -0.25) is 9.59 Å². The molecule has 1 aromatic rings. The Labute approximate surface area is 175 Å². The molecule has 156 valence electrons. The number of carbonyl (C=O) groups excluding carboxylic acids is 2. The minimum absolute atomic E-state index is 0. The van der Waals surface area contributed by atoms with Crippen molar-refractivity contribution in [2.45, 2.75) is 52.0 Å². The van der Waals surface area contributed by atoms with E-state index in [1.807, 2.05) is 36.1 Å². The molecule has 28 heavy (non-hydrogen) atoms. The molecule has 2 saturated heterocycles. The van der Waals surface area contributed by atoms with E-state index >= 15 is 0 Å². The summed E-state index contributed by atoms with van der Waals surface area (Å²) >= 11 is 0. The van der Waals surface area contributed by atoms with E-state index in [2.05, 4.69) is 17.6 Å².